The van der Waals surface area contributed by atoms with Crippen LogP contribution in [0.3, 0.4) is 0 Å². The van der Waals surface area contributed by atoms with Gasteiger partial charge in [0.05, 0.1) is 44.8 Å². The largest absolute Gasteiger partial charge is 0.459 e. The minimum atomic E-state index is -0.408. The van der Waals surface area contributed by atoms with Crippen molar-refractivity contribution in [3.05, 3.63) is 144 Å². The van der Waals surface area contributed by atoms with Gasteiger partial charge in [0, 0.05) is 97.8 Å². The molecule has 4 heterocycles. The van der Waals surface area contributed by atoms with Gasteiger partial charge in [0.2, 0.25) is 0 Å². The number of aromatic nitrogens is 4. The van der Waals surface area contributed by atoms with Crippen molar-refractivity contribution in [2.45, 2.75) is 54.1 Å². The summed E-state index contributed by atoms with van der Waals surface area (Å²) in [6.45, 7) is 5.49. The van der Waals surface area contributed by atoms with Crippen LogP contribution in [0.5, 0.6) is 0 Å². The van der Waals surface area contributed by atoms with Crippen molar-refractivity contribution >= 4 is 90.2 Å². The Balaban J connectivity index is 1.44. The number of rotatable bonds is 12. The summed E-state index contributed by atoms with van der Waals surface area (Å²) in [5, 5.41) is 3.48. The highest BCUT2D eigenvalue weighted by Crippen LogP contribution is 2.53. The van der Waals surface area contributed by atoms with Crippen LogP contribution in [-0.4, -0.2) is 43.8 Å². The molecular formula is C48H40N5O8+. The Kier molecular flexibility index (Phi) is 11.1. The van der Waals surface area contributed by atoms with Crippen molar-refractivity contribution in [2.24, 2.45) is 0 Å². The highest BCUT2D eigenvalue weighted by Gasteiger charge is 2.41. The number of benzene rings is 4. The van der Waals surface area contributed by atoms with Crippen molar-refractivity contribution in [1.82, 2.24) is 24.4 Å². The molecule has 8 rings (SSSR count). The van der Waals surface area contributed by atoms with Gasteiger partial charge in [-0.15, -0.1) is 0 Å². The van der Waals surface area contributed by atoms with Crippen LogP contribution in [0, 0.1) is 0 Å². The van der Waals surface area contributed by atoms with E-state index < -0.39 is 23.9 Å². The van der Waals surface area contributed by atoms with E-state index in [2.05, 4.69) is 0 Å². The second kappa shape index (κ2) is 16.9. The number of carbonyl (C=O) groups is 4. The van der Waals surface area contributed by atoms with Crippen LogP contribution >= 0.6 is 0 Å². The van der Waals surface area contributed by atoms with E-state index in [1.54, 1.807) is 0 Å². The number of esters is 4. The van der Waals surface area contributed by atoms with Crippen molar-refractivity contribution < 1.29 is 38.1 Å². The number of hydrogen-bond donors (Lipinski definition) is 0. The molecule has 0 aliphatic rings. The molecule has 0 aliphatic carbocycles. The fourth-order valence-corrected chi connectivity index (χ4v) is 7.34. The Bertz CT molecular complexity index is 2630. The van der Waals surface area contributed by atoms with E-state index in [-0.39, 0.29) is 30.9 Å². The van der Waals surface area contributed by atoms with Crippen LogP contribution < -0.4 is 4.48 Å². The quantitative estimate of drug-likeness (QED) is 0.0655. The molecule has 0 unspecified atom stereocenters. The van der Waals surface area contributed by atoms with Crippen LogP contribution in [0.4, 0.5) is 22.7 Å². The summed E-state index contributed by atoms with van der Waals surface area (Å²) in [5.41, 5.74) is 8.12. The van der Waals surface area contributed by atoms with E-state index in [1.807, 2.05) is 121 Å². The molecule has 4 aromatic heterocycles. The van der Waals surface area contributed by atoms with Crippen LogP contribution in [0.1, 0.15) is 50.5 Å². The van der Waals surface area contributed by atoms with Crippen molar-refractivity contribution in [1.29, 1.82) is 0 Å². The van der Waals surface area contributed by atoms with Crippen molar-refractivity contribution in [3.8, 4) is 0 Å². The van der Waals surface area contributed by atoms with Gasteiger partial charge >= 0.3 is 23.9 Å². The fourth-order valence-electron chi connectivity index (χ4n) is 7.34. The summed E-state index contributed by atoms with van der Waals surface area (Å²) in [7, 11) is 0. The maximum absolute atomic E-state index is 11.7. The van der Waals surface area contributed by atoms with E-state index in [9.17, 15) is 19.2 Å². The normalized spacial score (nSPS) is 11.5. The topological polar surface area (TPSA) is 157 Å². The molecule has 304 valence electrons. The van der Waals surface area contributed by atoms with Crippen LogP contribution in [-0.2, 0) is 64.6 Å². The summed E-state index contributed by atoms with van der Waals surface area (Å²) in [6, 6.07) is 39.4. The zero-order valence-electron chi connectivity index (χ0n) is 33.9. The average molecular weight is 815 g/mol. The standard InChI is InChI=1S/C48H40N5O8/c1-29(54)58-25-37-13-5-33-9-17-41(21-45(33)49-37)53(42-18-10-34-6-14-38(26-59-30(2)55)50-46(34)22-42,43-19-11-35-7-15-39(27-60-31(3)56)51-47(35)23-43)44-20-12-36-8-16-40(28-61-32(4)57)52-48(36)24-44/h5-24H,25-28H2,1-4H3/q+1. The number of hydrogen-bond acceptors (Lipinski definition) is 12. The second-order valence-corrected chi connectivity index (χ2v) is 14.5. The molecule has 13 nitrogen and oxygen atoms in total. The first-order valence-electron chi connectivity index (χ1n) is 19.5. The molecule has 0 saturated heterocycles. The number of fused-ring (bicyclic) bond motifs is 4. The zero-order chi connectivity index (χ0) is 42.7. The highest BCUT2D eigenvalue weighted by molar-refractivity contribution is 5.96. The molecule has 0 bridgehead atoms. The monoisotopic (exact) mass is 814 g/mol. The first kappa shape index (κ1) is 40.2. The Morgan fingerprint density at radius 1 is 0.361 bits per heavy atom. The summed E-state index contributed by atoms with van der Waals surface area (Å²) in [6.07, 6.45) is 0. The summed E-state index contributed by atoms with van der Waals surface area (Å²) < 4.78 is 21.2. The van der Waals surface area contributed by atoms with E-state index in [4.69, 9.17) is 38.9 Å². The van der Waals surface area contributed by atoms with Gasteiger partial charge in [-0.25, -0.2) is 19.9 Å². The fraction of sp³-hybridized carbons (Fsp3) is 0.167. The van der Waals surface area contributed by atoms with E-state index in [0.717, 1.165) is 44.3 Å². The predicted octanol–water partition coefficient (Wildman–Crippen LogP) is 9.43. The number of carbonyl (C=O) groups excluding carboxylic acids is 4. The van der Waals surface area contributed by atoms with Gasteiger partial charge < -0.3 is 18.9 Å². The minimum Gasteiger partial charge on any atom is -0.459 e. The third-order valence-electron chi connectivity index (χ3n) is 10.2. The molecule has 61 heavy (non-hydrogen) atoms. The summed E-state index contributed by atoms with van der Waals surface area (Å²) in [4.78, 5) is 66.7. The first-order valence-corrected chi connectivity index (χ1v) is 19.5. The van der Waals surface area contributed by atoms with E-state index >= 15 is 0 Å². The number of quaternary nitrogens is 1. The SMILES string of the molecule is CC(=O)OCc1ccc2ccc([N+](c3ccc4ccc(COC(C)=O)nc4c3)(c3ccc4ccc(COC(C)=O)nc4c3)c3ccc4ccc(COC(C)=O)nc4c3)cc2n1. The van der Waals surface area contributed by atoms with Gasteiger partial charge in [0.25, 0.3) is 0 Å². The summed E-state index contributed by atoms with van der Waals surface area (Å²) >= 11 is 0. The Labute approximate surface area is 350 Å². The smallest absolute Gasteiger partial charge is 0.303 e. The molecule has 13 heteroatoms. The van der Waals surface area contributed by atoms with Crippen molar-refractivity contribution in [3.63, 3.8) is 0 Å². The molecule has 0 amide bonds. The Hall–Kier alpha value is -7.64. The number of pyridine rings is 4. The average Bonchev–Trinajstić information content (AvgIpc) is 3.25. The maximum Gasteiger partial charge on any atom is 0.303 e. The van der Waals surface area contributed by atoms with E-state index in [1.165, 1.54) is 27.7 Å². The lowest BCUT2D eigenvalue weighted by Gasteiger charge is -2.37. The molecule has 4 aromatic carbocycles. The molecule has 0 atom stereocenters. The summed E-state index contributed by atoms with van der Waals surface area (Å²) in [5.74, 6) is -1.63. The molecule has 8 aromatic rings. The van der Waals surface area contributed by atoms with Crippen LogP contribution in [0.25, 0.3) is 43.6 Å². The zero-order valence-corrected chi connectivity index (χ0v) is 33.9. The van der Waals surface area contributed by atoms with Gasteiger partial charge in [0.1, 0.15) is 49.2 Å². The maximum atomic E-state index is 11.7. The third-order valence-corrected chi connectivity index (χ3v) is 10.2. The van der Waals surface area contributed by atoms with Gasteiger partial charge in [-0.05, 0) is 48.5 Å². The Morgan fingerprint density at radius 3 is 0.787 bits per heavy atom. The number of ether oxygens (including phenoxy) is 4. The molecular weight excluding hydrogens is 775 g/mol. The molecule has 0 radical (unpaired) electrons. The minimum absolute atomic E-state index is 0.0135. The predicted molar refractivity (Wildman–Crippen MR) is 230 cm³/mol. The molecule has 0 saturated carbocycles. The second-order valence-electron chi connectivity index (χ2n) is 14.5. The number of nitrogens with zero attached hydrogens (tertiary/aromatic N) is 5. The third kappa shape index (κ3) is 8.59. The lowest BCUT2D eigenvalue weighted by atomic mass is 10.0. The van der Waals surface area contributed by atoms with Gasteiger partial charge in [0.15, 0.2) is 0 Å². The molecule has 0 spiro atoms. The lowest BCUT2D eigenvalue weighted by Crippen LogP contribution is -2.33. The van der Waals surface area contributed by atoms with Gasteiger partial charge in [-0.1, -0.05) is 24.3 Å². The van der Waals surface area contributed by atoms with Crippen molar-refractivity contribution in [2.75, 3.05) is 0 Å². The molecule has 0 fully saturated rings. The molecule has 0 aliphatic heterocycles. The lowest BCUT2D eigenvalue weighted by molar-refractivity contribution is -0.143. The Morgan fingerprint density at radius 2 is 0.574 bits per heavy atom. The van der Waals surface area contributed by atoms with Crippen LogP contribution in [0.2, 0.25) is 0 Å². The van der Waals surface area contributed by atoms with Crippen LogP contribution in [0.15, 0.2) is 121 Å². The van der Waals surface area contributed by atoms with Gasteiger partial charge in [-0.2, -0.15) is 4.48 Å². The first-order chi connectivity index (χ1) is 29.4. The van der Waals surface area contributed by atoms with Gasteiger partial charge in [-0.3, -0.25) is 19.2 Å². The highest BCUT2D eigenvalue weighted by atomic mass is 16.5. The van der Waals surface area contributed by atoms with E-state index in [0.29, 0.717) is 44.8 Å². The molecule has 0 N–H and O–H groups in total.